The second-order valence-electron chi connectivity index (χ2n) is 5.93. The third-order valence-electron chi connectivity index (χ3n) is 3.86. The Kier molecular flexibility index (Phi) is 5.96. The molecule has 0 bridgehead atoms. The number of nitrogens with one attached hydrogen (secondary N) is 2. The normalized spacial score (nSPS) is 11.1. The van der Waals surface area contributed by atoms with Crippen LogP contribution >= 0.6 is 11.6 Å². The Morgan fingerprint density at radius 1 is 0.964 bits per heavy atom. The van der Waals surface area contributed by atoms with E-state index < -0.39 is 21.7 Å². The van der Waals surface area contributed by atoms with Crippen LogP contribution in [0.5, 0.6) is 0 Å². The molecule has 3 rings (SSSR count). The number of anilines is 1. The molecule has 1 amide bonds. The molecule has 144 valence electrons. The number of halogens is 2. The summed E-state index contributed by atoms with van der Waals surface area (Å²) in [5.74, 6) is -0.905. The van der Waals surface area contributed by atoms with Crippen molar-refractivity contribution in [2.24, 2.45) is 0 Å². The van der Waals surface area contributed by atoms with E-state index in [1.54, 1.807) is 30.3 Å². The van der Waals surface area contributed by atoms with Crippen molar-refractivity contribution >= 4 is 33.2 Å². The third kappa shape index (κ3) is 4.88. The summed E-state index contributed by atoms with van der Waals surface area (Å²) >= 11 is 6.09. The van der Waals surface area contributed by atoms with E-state index >= 15 is 0 Å². The van der Waals surface area contributed by atoms with Gasteiger partial charge in [-0.2, -0.15) is 0 Å². The van der Waals surface area contributed by atoms with Gasteiger partial charge < -0.3 is 5.32 Å². The molecular weight excluding hydrogens is 403 g/mol. The number of amides is 1. The Hall–Kier alpha value is -2.90. The van der Waals surface area contributed by atoms with E-state index in [4.69, 9.17) is 11.6 Å². The molecule has 0 aliphatic rings. The van der Waals surface area contributed by atoms with Gasteiger partial charge in [-0.25, -0.2) is 12.8 Å². The first-order valence-corrected chi connectivity index (χ1v) is 10.1. The predicted molar refractivity (Wildman–Crippen MR) is 106 cm³/mol. The molecule has 0 aliphatic heterocycles. The lowest BCUT2D eigenvalue weighted by Crippen LogP contribution is -2.23. The molecule has 5 nitrogen and oxygen atoms in total. The van der Waals surface area contributed by atoms with Gasteiger partial charge >= 0.3 is 0 Å². The van der Waals surface area contributed by atoms with Gasteiger partial charge in [-0.05, 0) is 48.0 Å². The Balaban J connectivity index is 1.76. The molecule has 2 N–H and O–H groups in total. The van der Waals surface area contributed by atoms with Gasteiger partial charge in [-0.15, -0.1) is 0 Å². The van der Waals surface area contributed by atoms with Crippen molar-refractivity contribution in [3.8, 4) is 0 Å². The number of rotatable bonds is 6. The van der Waals surface area contributed by atoms with Gasteiger partial charge in [0.05, 0.1) is 15.5 Å². The zero-order chi connectivity index (χ0) is 20.1. The van der Waals surface area contributed by atoms with Crippen molar-refractivity contribution < 1.29 is 17.6 Å². The van der Waals surface area contributed by atoms with Gasteiger partial charge in [0, 0.05) is 12.2 Å². The number of benzene rings is 3. The van der Waals surface area contributed by atoms with Gasteiger partial charge in [-0.3, -0.25) is 9.52 Å². The second-order valence-corrected chi connectivity index (χ2v) is 8.02. The van der Waals surface area contributed by atoms with Crippen molar-refractivity contribution in [2.75, 3.05) is 4.72 Å². The fraction of sp³-hybridized carbons (Fsp3) is 0.0500. The van der Waals surface area contributed by atoms with Crippen LogP contribution in [-0.4, -0.2) is 14.3 Å². The highest BCUT2D eigenvalue weighted by Gasteiger charge is 2.16. The molecule has 28 heavy (non-hydrogen) atoms. The Morgan fingerprint density at radius 3 is 2.43 bits per heavy atom. The standard InChI is InChI=1S/C20H16ClFN2O3S/c21-19-10-9-16(24-28(26,27)17-7-2-1-3-8-17)12-18(19)20(25)23-13-14-5-4-6-15(22)11-14/h1-12,24H,13H2,(H,23,25). The number of sulfonamides is 1. The molecule has 8 heteroatoms. The maximum Gasteiger partial charge on any atom is 0.261 e. The van der Waals surface area contributed by atoms with Gasteiger partial charge in [0.2, 0.25) is 0 Å². The lowest BCUT2D eigenvalue weighted by Gasteiger charge is -2.11. The molecular formula is C20H16ClFN2O3S. The average Bonchev–Trinajstić information content (AvgIpc) is 2.68. The largest absolute Gasteiger partial charge is 0.348 e. The molecule has 0 aromatic heterocycles. The first-order valence-electron chi connectivity index (χ1n) is 8.25. The molecule has 0 fully saturated rings. The minimum atomic E-state index is -3.80. The van der Waals surface area contributed by atoms with Crippen molar-refractivity contribution in [3.63, 3.8) is 0 Å². The summed E-state index contributed by atoms with van der Waals surface area (Å²) < 4.78 is 40.5. The first-order chi connectivity index (χ1) is 13.3. The summed E-state index contributed by atoms with van der Waals surface area (Å²) in [6, 6.07) is 18.0. The van der Waals surface area contributed by atoms with Crippen LogP contribution in [0.25, 0.3) is 0 Å². The molecule has 0 saturated carbocycles. The summed E-state index contributed by atoms with van der Waals surface area (Å²) in [7, 11) is -3.80. The fourth-order valence-electron chi connectivity index (χ4n) is 2.50. The maximum atomic E-state index is 13.2. The Labute approximate surface area is 167 Å². The molecule has 3 aromatic rings. The Morgan fingerprint density at radius 2 is 1.71 bits per heavy atom. The number of hydrogen-bond acceptors (Lipinski definition) is 3. The highest BCUT2D eigenvalue weighted by atomic mass is 35.5. The van der Waals surface area contributed by atoms with E-state index in [9.17, 15) is 17.6 Å². The van der Waals surface area contributed by atoms with Crippen LogP contribution in [0.15, 0.2) is 77.7 Å². The summed E-state index contributed by atoms with van der Waals surface area (Å²) in [4.78, 5) is 12.5. The van der Waals surface area contributed by atoms with Crippen LogP contribution < -0.4 is 10.0 Å². The molecule has 0 heterocycles. The topological polar surface area (TPSA) is 75.3 Å². The maximum absolute atomic E-state index is 13.2. The molecule has 3 aromatic carbocycles. The molecule has 0 aliphatic carbocycles. The van der Waals surface area contributed by atoms with Crippen molar-refractivity contribution in [1.29, 1.82) is 0 Å². The third-order valence-corrected chi connectivity index (χ3v) is 5.59. The van der Waals surface area contributed by atoms with Crippen LogP contribution in [0, 0.1) is 5.82 Å². The van der Waals surface area contributed by atoms with Gasteiger partial charge in [0.1, 0.15) is 5.82 Å². The lowest BCUT2D eigenvalue weighted by molar-refractivity contribution is 0.0951. The summed E-state index contributed by atoms with van der Waals surface area (Å²) in [5, 5.41) is 2.80. The molecule has 0 unspecified atom stereocenters. The van der Waals surface area contributed by atoms with Crippen molar-refractivity contribution in [1.82, 2.24) is 5.32 Å². The van der Waals surface area contributed by atoms with Crippen molar-refractivity contribution in [2.45, 2.75) is 11.4 Å². The average molecular weight is 419 g/mol. The summed E-state index contributed by atoms with van der Waals surface area (Å²) in [6.07, 6.45) is 0. The van der Waals surface area contributed by atoms with E-state index in [1.165, 1.54) is 42.5 Å². The van der Waals surface area contributed by atoms with Crippen LogP contribution in [0.1, 0.15) is 15.9 Å². The SMILES string of the molecule is O=C(NCc1cccc(F)c1)c1cc(NS(=O)(=O)c2ccccc2)ccc1Cl. The Bertz CT molecular complexity index is 1110. The highest BCUT2D eigenvalue weighted by Crippen LogP contribution is 2.23. The van der Waals surface area contributed by atoms with E-state index in [2.05, 4.69) is 10.0 Å². The van der Waals surface area contributed by atoms with Gasteiger partial charge in [-0.1, -0.05) is 41.9 Å². The first kappa shape index (κ1) is 19.9. The zero-order valence-electron chi connectivity index (χ0n) is 14.5. The summed E-state index contributed by atoms with van der Waals surface area (Å²) in [5.41, 5.74) is 0.890. The highest BCUT2D eigenvalue weighted by molar-refractivity contribution is 7.92. The smallest absolute Gasteiger partial charge is 0.261 e. The quantitative estimate of drug-likeness (QED) is 0.629. The van der Waals surface area contributed by atoms with E-state index in [0.29, 0.717) is 5.56 Å². The number of carbonyl (C=O) groups excluding carboxylic acids is 1. The van der Waals surface area contributed by atoms with Crippen LogP contribution in [-0.2, 0) is 16.6 Å². The van der Waals surface area contributed by atoms with Crippen LogP contribution in [0.4, 0.5) is 10.1 Å². The van der Waals surface area contributed by atoms with Gasteiger partial charge in [0.25, 0.3) is 15.9 Å². The van der Waals surface area contributed by atoms with E-state index in [-0.39, 0.29) is 27.7 Å². The minimum Gasteiger partial charge on any atom is -0.348 e. The molecule has 0 spiro atoms. The van der Waals surface area contributed by atoms with Crippen LogP contribution in [0.2, 0.25) is 5.02 Å². The fourth-order valence-corrected chi connectivity index (χ4v) is 3.77. The van der Waals surface area contributed by atoms with E-state index in [0.717, 1.165) is 0 Å². The van der Waals surface area contributed by atoms with Crippen molar-refractivity contribution in [3.05, 3.63) is 94.8 Å². The number of hydrogen-bond donors (Lipinski definition) is 2. The molecule has 0 saturated heterocycles. The number of carbonyl (C=O) groups is 1. The second kappa shape index (κ2) is 8.41. The lowest BCUT2D eigenvalue weighted by atomic mass is 10.1. The predicted octanol–water partition coefficient (Wildman–Crippen LogP) is 4.21. The molecule has 0 radical (unpaired) electrons. The van der Waals surface area contributed by atoms with Gasteiger partial charge in [0.15, 0.2) is 0 Å². The minimum absolute atomic E-state index is 0.0991. The monoisotopic (exact) mass is 418 g/mol. The van der Waals surface area contributed by atoms with E-state index in [1.807, 2.05) is 0 Å². The van der Waals surface area contributed by atoms with Crippen LogP contribution in [0.3, 0.4) is 0 Å². The summed E-state index contributed by atoms with van der Waals surface area (Å²) in [6.45, 7) is 0.104. The zero-order valence-corrected chi connectivity index (χ0v) is 16.1. The molecule has 0 atom stereocenters.